The Balaban J connectivity index is 1.17. The van der Waals surface area contributed by atoms with Gasteiger partial charge in [0.2, 0.25) is 0 Å². The van der Waals surface area contributed by atoms with Crippen LogP contribution in [0.1, 0.15) is 56.6 Å². The molecule has 4 bridgehead atoms. The Morgan fingerprint density at radius 3 is 2.06 bits per heavy atom. The molecule has 4 saturated carbocycles. The minimum absolute atomic E-state index is 0.0472. The van der Waals surface area contributed by atoms with Crippen LogP contribution in [0.4, 0.5) is 18.0 Å². The van der Waals surface area contributed by atoms with Crippen molar-refractivity contribution >= 4 is 6.03 Å². The number of amides is 2. The van der Waals surface area contributed by atoms with Gasteiger partial charge in [0.05, 0.1) is 0 Å². The quantitative estimate of drug-likeness (QED) is 0.454. The second-order valence-electron chi connectivity index (χ2n) is 10.4. The van der Waals surface area contributed by atoms with Crippen LogP contribution in [0, 0.1) is 17.8 Å². The van der Waals surface area contributed by atoms with Gasteiger partial charge in [-0.15, -0.1) is 13.2 Å². The van der Waals surface area contributed by atoms with E-state index in [9.17, 15) is 18.0 Å². The summed E-state index contributed by atoms with van der Waals surface area (Å²) >= 11 is 0. The number of benzene rings is 2. The Kier molecular flexibility index (Phi) is 6.55. The summed E-state index contributed by atoms with van der Waals surface area (Å²) in [5.41, 5.74) is 0.875. The van der Waals surface area contributed by atoms with Crippen molar-refractivity contribution in [2.24, 2.45) is 17.8 Å². The van der Waals surface area contributed by atoms with Crippen LogP contribution in [-0.4, -0.2) is 24.5 Å². The first-order chi connectivity index (χ1) is 16.8. The number of carbonyl (C=O) groups excluding carboxylic acids is 1. The van der Waals surface area contributed by atoms with Gasteiger partial charge in [0.15, 0.2) is 0 Å². The summed E-state index contributed by atoms with van der Waals surface area (Å²) in [6.45, 7) is 0.410. The first-order valence-electron chi connectivity index (χ1n) is 12.4. The van der Waals surface area contributed by atoms with E-state index in [1.54, 1.807) is 0 Å². The molecule has 2 aromatic carbocycles. The van der Waals surface area contributed by atoms with Crippen LogP contribution >= 0.6 is 0 Å². The van der Waals surface area contributed by atoms with E-state index in [4.69, 9.17) is 4.74 Å². The lowest BCUT2D eigenvalue weighted by Crippen LogP contribution is -2.61. The predicted molar refractivity (Wildman–Crippen MR) is 125 cm³/mol. The first kappa shape index (κ1) is 23.8. The number of rotatable bonds is 8. The van der Waals surface area contributed by atoms with Crippen LogP contribution in [0.2, 0.25) is 0 Å². The van der Waals surface area contributed by atoms with Gasteiger partial charge in [-0.1, -0.05) is 30.3 Å². The van der Waals surface area contributed by atoms with Gasteiger partial charge in [-0.05, 0) is 86.1 Å². The molecule has 4 fully saturated rings. The zero-order valence-electron chi connectivity index (χ0n) is 19.5. The molecule has 0 saturated heterocycles. The van der Waals surface area contributed by atoms with E-state index in [2.05, 4.69) is 15.4 Å². The van der Waals surface area contributed by atoms with E-state index in [1.165, 1.54) is 43.5 Å². The van der Waals surface area contributed by atoms with Crippen molar-refractivity contribution < 1.29 is 27.4 Å². The number of hydrogen-bond donors (Lipinski definition) is 2. The van der Waals surface area contributed by atoms with E-state index < -0.39 is 6.36 Å². The molecule has 5 nitrogen and oxygen atoms in total. The van der Waals surface area contributed by atoms with E-state index in [0.29, 0.717) is 18.7 Å². The SMILES string of the molecule is O=C(NCCC(Oc1ccc(OC(F)(F)F)cc1)c1ccccc1)NC12CC3CC(CC(C3)C1)C2. The van der Waals surface area contributed by atoms with Crippen LogP contribution < -0.4 is 20.1 Å². The van der Waals surface area contributed by atoms with Gasteiger partial charge >= 0.3 is 12.4 Å². The molecular formula is C27H31F3N2O3. The summed E-state index contributed by atoms with van der Waals surface area (Å²) in [5, 5.41) is 6.32. The summed E-state index contributed by atoms with van der Waals surface area (Å²) in [6, 6.07) is 14.8. The van der Waals surface area contributed by atoms with Crippen molar-refractivity contribution in [2.45, 2.75) is 63.0 Å². The number of halogens is 3. The highest BCUT2D eigenvalue weighted by molar-refractivity contribution is 5.74. The van der Waals surface area contributed by atoms with Crippen molar-refractivity contribution in [3.63, 3.8) is 0 Å². The van der Waals surface area contributed by atoms with Gasteiger partial charge < -0.3 is 20.1 Å². The highest BCUT2D eigenvalue weighted by atomic mass is 19.4. The molecule has 1 atom stereocenters. The van der Waals surface area contributed by atoms with Crippen LogP contribution in [0.3, 0.4) is 0 Å². The van der Waals surface area contributed by atoms with Crippen LogP contribution in [-0.2, 0) is 0 Å². The van der Waals surface area contributed by atoms with Crippen molar-refractivity contribution in [3.8, 4) is 11.5 Å². The van der Waals surface area contributed by atoms with E-state index in [0.717, 1.165) is 42.6 Å². The van der Waals surface area contributed by atoms with Crippen LogP contribution in [0.15, 0.2) is 54.6 Å². The van der Waals surface area contributed by atoms with Gasteiger partial charge in [0.1, 0.15) is 17.6 Å². The Hall–Kier alpha value is -2.90. The molecule has 188 valence electrons. The van der Waals surface area contributed by atoms with Crippen LogP contribution in [0.5, 0.6) is 11.5 Å². The van der Waals surface area contributed by atoms with Crippen molar-refractivity contribution in [3.05, 3.63) is 60.2 Å². The molecule has 0 aromatic heterocycles. The largest absolute Gasteiger partial charge is 0.573 e. The maximum atomic E-state index is 12.8. The average molecular weight is 489 g/mol. The molecule has 0 radical (unpaired) electrons. The number of hydrogen-bond acceptors (Lipinski definition) is 3. The molecule has 1 unspecified atom stereocenters. The zero-order valence-corrected chi connectivity index (χ0v) is 19.5. The summed E-state index contributed by atoms with van der Waals surface area (Å²) in [5.74, 6) is 2.39. The molecule has 6 rings (SSSR count). The number of ether oxygens (including phenoxy) is 2. The second kappa shape index (κ2) is 9.63. The van der Waals surface area contributed by atoms with Gasteiger partial charge in [-0.3, -0.25) is 0 Å². The van der Waals surface area contributed by atoms with E-state index >= 15 is 0 Å². The van der Waals surface area contributed by atoms with Crippen molar-refractivity contribution in [1.29, 1.82) is 0 Å². The topological polar surface area (TPSA) is 59.6 Å². The zero-order chi connectivity index (χ0) is 24.5. The Morgan fingerprint density at radius 2 is 1.49 bits per heavy atom. The average Bonchev–Trinajstić information content (AvgIpc) is 2.78. The third kappa shape index (κ3) is 6.03. The molecule has 4 aliphatic rings. The lowest BCUT2D eigenvalue weighted by atomic mass is 9.53. The number of alkyl halides is 3. The Morgan fingerprint density at radius 1 is 0.914 bits per heavy atom. The molecule has 35 heavy (non-hydrogen) atoms. The normalized spacial score (nSPS) is 27.8. The summed E-state index contributed by atoms with van der Waals surface area (Å²) in [4.78, 5) is 12.8. The smallest absolute Gasteiger partial charge is 0.486 e. The predicted octanol–water partition coefficient (Wildman–Crippen LogP) is 6.36. The van der Waals surface area contributed by atoms with E-state index in [-0.39, 0.29) is 23.4 Å². The standard InChI is InChI=1S/C27H31F3N2O3/c28-27(29,30)35-23-8-6-22(7-9-23)34-24(21-4-2-1-3-5-21)10-11-31-25(33)32-26-15-18-12-19(16-26)14-20(13-18)17-26/h1-9,18-20,24H,10-17H2,(H2,31,32,33). The Labute approximate surface area is 203 Å². The summed E-state index contributed by atoms with van der Waals surface area (Å²) in [7, 11) is 0. The lowest BCUT2D eigenvalue weighted by molar-refractivity contribution is -0.274. The lowest BCUT2D eigenvalue weighted by Gasteiger charge is -2.56. The molecule has 2 N–H and O–H groups in total. The number of urea groups is 1. The number of carbonyl (C=O) groups is 1. The molecule has 8 heteroatoms. The van der Waals surface area contributed by atoms with Crippen molar-refractivity contribution in [1.82, 2.24) is 10.6 Å². The van der Waals surface area contributed by atoms with Crippen LogP contribution in [0.25, 0.3) is 0 Å². The molecule has 2 aromatic rings. The molecule has 0 heterocycles. The third-order valence-electron chi connectivity index (χ3n) is 7.62. The fraction of sp³-hybridized carbons (Fsp3) is 0.519. The van der Waals surface area contributed by atoms with Gasteiger partial charge in [0, 0.05) is 18.5 Å². The Bertz CT molecular complexity index is 975. The summed E-state index contributed by atoms with van der Waals surface area (Å²) < 4.78 is 47.3. The molecule has 4 aliphatic carbocycles. The highest BCUT2D eigenvalue weighted by Crippen LogP contribution is 2.55. The third-order valence-corrected chi connectivity index (χ3v) is 7.62. The van der Waals surface area contributed by atoms with Crippen molar-refractivity contribution in [2.75, 3.05) is 6.54 Å². The molecule has 2 amide bonds. The molecular weight excluding hydrogens is 457 g/mol. The fourth-order valence-electron chi connectivity index (χ4n) is 6.71. The van der Waals surface area contributed by atoms with E-state index in [1.807, 2.05) is 30.3 Å². The molecule has 0 aliphatic heterocycles. The highest BCUT2D eigenvalue weighted by Gasteiger charge is 2.51. The molecule has 0 spiro atoms. The monoisotopic (exact) mass is 488 g/mol. The minimum atomic E-state index is -4.74. The maximum Gasteiger partial charge on any atom is 0.573 e. The number of nitrogens with one attached hydrogen (secondary N) is 2. The van der Waals surface area contributed by atoms with Gasteiger partial charge in [-0.25, -0.2) is 4.79 Å². The summed E-state index contributed by atoms with van der Waals surface area (Å²) in [6.07, 6.45) is 2.65. The first-order valence-corrected chi connectivity index (χ1v) is 12.4. The second-order valence-corrected chi connectivity index (χ2v) is 10.4. The fourth-order valence-corrected chi connectivity index (χ4v) is 6.71. The minimum Gasteiger partial charge on any atom is -0.486 e. The van der Waals surface area contributed by atoms with Gasteiger partial charge in [-0.2, -0.15) is 0 Å². The maximum absolute atomic E-state index is 12.8. The van der Waals surface area contributed by atoms with Gasteiger partial charge in [0.25, 0.3) is 0 Å².